The Hall–Kier alpha value is -1.10. The number of hydrogen-bond donors (Lipinski definition) is 2. The molecule has 0 aromatic heterocycles. The first-order chi connectivity index (χ1) is 8.11. The van der Waals surface area contributed by atoms with Crippen LogP contribution in [0, 0.1) is 0 Å². The molecule has 5 heteroatoms. The van der Waals surface area contributed by atoms with Gasteiger partial charge >= 0.3 is 0 Å². The predicted octanol–water partition coefficient (Wildman–Crippen LogP) is 1.22. The summed E-state index contributed by atoms with van der Waals surface area (Å²) in [4.78, 5) is 11.8. The molecule has 0 aliphatic carbocycles. The monoisotopic (exact) mass is 255 g/mol. The van der Waals surface area contributed by atoms with Crippen LogP contribution in [-0.2, 0) is 4.74 Å². The molecule has 1 heterocycles. The summed E-state index contributed by atoms with van der Waals surface area (Å²) in [6.07, 6.45) is 0.538. The van der Waals surface area contributed by atoms with E-state index in [1.165, 1.54) is 0 Å². The first-order valence-electron chi connectivity index (χ1n) is 5.44. The fourth-order valence-electron chi connectivity index (χ4n) is 1.72. The van der Waals surface area contributed by atoms with Gasteiger partial charge in [0.2, 0.25) is 0 Å². The first kappa shape index (κ1) is 12.4. The van der Waals surface area contributed by atoms with Crippen LogP contribution in [0.2, 0.25) is 5.02 Å². The number of hydrogen-bond acceptors (Lipinski definition) is 3. The van der Waals surface area contributed by atoms with Crippen LogP contribution >= 0.6 is 11.6 Å². The molecule has 1 aromatic carbocycles. The highest BCUT2D eigenvalue weighted by molar-refractivity contribution is 6.33. The zero-order chi connectivity index (χ0) is 12.3. The van der Waals surface area contributed by atoms with Gasteiger partial charge in [-0.25, -0.2) is 0 Å². The molecule has 1 aliphatic heterocycles. The maximum absolute atomic E-state index is 11.8. The minimum Gasteiger partial charge on any atom is -0.386 e. The summed E-state index contributed by atoms with van der Waals surface area (Å²) in [5.74, 6) is -0.282. The van der Waals surface area contributed by atoms with Crippen molar-refractivity contribution in [2.75, 3.05) is 19.8 Å². The van der Waals surface area contributed by atoms with E-state index in [4.69, 9.17) is 16.3 Å². The lowest BCUT2D eigenvalue weighted by Crippen LogP contribution is -2.43. The van der Waals surface area contributed by atoms with Gasteiger partial charge in [0.05, 0.1) is 17.2 Å². The molecule has 1 aromatic rings. The molecule has 1 amide bonds. The zero-order valence-corrected chi connectivity index (χ0v) is 10.0. The highest BCUT2D eigenvalue weighted by Crippen LogP contribution is 2.18. The van der Waals surface area contributed by atoms with E-state index in [1.807, 2.05) is 0 Å². The van der Waals surface area contributed by atoms with Crippen LogP contribution in [0.4, 0.5) is 0 Å². The van der Waals surface area contributed by atoms with Crippen LogP contribution < -0.4 is 5.32 Å². The van der Waals surface area contributed by atoms with E-state index >= 15 is 0 Å². The molecule has 92 valence electrons. The summed E-state index contributed by atoms with van der Waals surface area (Å²) in [5.41, 5.74) is -0.534. The lowest BCUT2D eigenvalue weighted by Gasteiger charge is -2.20. The summed E-state index contributed by atoms with van der Waals surface area (Å²) >= 11 is 5.90. The van der Waals surface area contributed by atoms with E-state index in [9.17, 15) is 9.90 Å². The molecule has 0 unspecified atom stereocenters. The van der Waals surface area contributed by atoms with Gasteiger partial charge in [0.25, 0.3) is 5.91 Å². The standard InChI is InChI=1S/C12H14ClNO3/c13-10-4-2-1-3-9(10)11(15)14-7-12(16)5-6-17-8-12/h1-4,16H,5-8H2,(H,14,15)/t12-/m1/s1. The van der Waals surface area contributed by atoms with Crippen molar-refractivity contribution < 1.29 is 14.6 Å². The Labute approximate surface area is 105 Å². The molecular formula is C12H14ClNO3. The molecule has 4 nitrogen and oxygen atoms in total. The maximum atomic E-state index is 11.8. The first-order valence-corrected chi connectivity index (χ1v) is 5.81. The summed E-state index contributed by atoms with van der Waals surface area (Å²) in [6, 6.07) is 6.81. The molecule has 17 heavy (non-hydrogen) atoms. The van der Waals surface area contributed by atoms with Crippen molar-refractivity contribution in [3.05, 3.63) is 34.9 Å². The van der Waals surface area contributed by atoms with Crippen molar-refractivity contribution >= 4 is 17.5 Å². The number of amides is 1. The van der Waals surface area contributed by atoms with E-state index < -0.39 is 5.60 Å². The number of ether oxygens (including phenoxy) is 1. The fourth-order valence-corrected chi connectivity index (χ4v) is 1.94. The van der Waals surface area contributed by atoms with Crippen LogP contribution in [0.1, 0.15) is 16.8 Å². The van der Waals surface area contributed by atoms with Gasteiger partial charge in [0, 0.05) is 19.6 Å². The number of nitrogens with one attached hydrogen (secondary N) is 1. The Morgan fingerprint density at radius 2 is 2.29 bits per heavy atom. The third-order valence-electron chi connectivity index (χ3n) is 2.78. The second-order valence-electron chi connectivity index (χ2n) is 4.19. The quantitative estimate of drug-likeness (QED) is 0.854. The van der Waals surface area contributed by atoms with Crippen molar-refractivity contribution in [3.8, 4) is 0 Å². The summed E-state index contributed by atoms with van der Waals surface area (Å²) in [5, 5.41) is 13.1. The zero-order valence-electron chi connectivity index (χ0n) is 9.28. The Bertz CT molecular complexity index is 416. The second-order valence-corrected chi connectivity index (χ2v) is 4.60. The molecule has 0 saturated carbocycles. The largest absolute Gasteiger partial charge is 0.386 e. The maximum Gasteiger partial charge on any atom is 0.252 e. The van der Waals surface area contributed by atoms with E-state index in [2.05, 4.69) is 5.32 Å². The van der Waals surface area contributed by atoms with Gasteiger partial charge in [-0.3, -0.25) is 4.79 Å². The number of aliphatic hydroxyl groups is 1. The molecule has 0 bridgehead atoms. The van der Waals surface area contributed by atoms with E-state index in [-0.39, 0.29) is 19.1 Å². The van der Waals surface area contributed by atoms with Crippen molar-refractivity contribution in [1.29, 1.82) is 0 Å². The molecule has 0 spiro atoms. The van der Waals surface area contributed by atoms with Gasteiger partial charge in [0.15, 0.2) is 0 Å². The molecule has 1 saturated heterocycles. The van der Waals surface area contributed by atoms with Crippen molar-refractivity contribution in [1.82, 2.24) is 5.32 Å². The average Bonchev–Trinajstić information content (AvgIpc) is 2.74. The number of carbonyl (C=O) groups is 1. The minimum atomic E-state index is -0.948. The lowest BCUT2D eigenvalue weighted by molar-refractivity contribution is 0.0264. The summed E-state index contributed by atoms with van der Waals surface area (Å²) in [6.45, 7) is 0.964. The molecular weight excluding hydrogens is 242 g/mol. The van der Waals surface area contributed by atoms with Crippen LogP contribution in [0.5, 0.6) is 0 Å². The fraction of sp³-hybridized carbons (Fsp3) is 0.417. The summed E-state index contributed by atoms with van der Waals surface area (Å²) in [7, 11) is 0. The molecule has 1 fully saturated rings. The smallest absolute Gasteiger partial charge is 0.252 e. The lowest BCUT2D eigenvalue weighted by atomic mass is 10.0. The number of rotatable bonds is 3. The Morgan fingerprint density at radius 3 is 2.94 bits per heavy atom. The van der Waals surface area contributed by atoms with Crippen molar-refractivity contribution in [2.45, 2.75) is 12.0 Å². The van der Waals surface area contributed by atoms with Crippen LogP contribution in [-0.4, -0.2) is 36.4 Å². The van der Waals surface area contributed by atoms with Gasteiger partial charge in [-0.05, 0) is 12.1 Å². The third kappa shape index (κ3) is 2.97. The molecule has 2 rings (SSSR count). The number of benzene rings is 1. The van der Waals surface area contributed by atoms with Crippen molar-refractivity contribution in [3.63, 3.8) is 0 Å². The van der Waals surface area contributed by atoms with E-state index in [0.717, 1.165) is 0 Å². The molecule has 1 aliphatic rings. The van der Waals surface area contributed by atoms with Gasteiger partial charge in [-0.2, -0.15) is 0 Å². The van der Waals surface area contributed by atoms with Gasteiger partial charge in [-0.15, -0.1) is 0 Å². The normalized spacial score (nSPS) is 23.6. The van der Waals surface area contributed by atoms with Crippen molar-refractivity contribution in [2.24, 2.45) is 0 Å². The third-order valence-corrected chi connectivity index (χ3v) is 3.11. The Morgan fingerprint density at radius 1 is 1.53 bits per heavy atom. The van der Waals surface area contributed by atoms with Gasteiger partial charge < -0.3 is 15.2 Å². The summed E-state index contributed by atoms with van der Waals surface area (Å²) < 4.78 is 5.09. The molecule has 0 radical (unpaired) electrons. The topological polar surface area (TPSA) is 58.6 Å². The number of carbonyl (C=O) groups excluding carboxylic acids is 1. The molecule has 1 atom stereocenters. The SMILES string of the molecule is O=C(NC[C@]1(O)CCOC1)c1ccccc1Cl. The Kier molecular flexibility index (Phi) is 3.66. The van der Waals surface area contributed by atoms with Crippen LogP contribution in [0.25, 0.3) is 0 Å². The number of halogens is 1. The highest BCUT2D eigenvalue weighted by Gasteiger charge is 2.32. The molecule has 2 N–H and O–H groups in total. The Balaban J connectivity index is 1.96. The van der Waals surface area contributed by atoms with Gasteiger partial charge in [0.1, 0.15) is 5.60 Å². The van der Waals surface area contributed by atoms with E-state index in [1.54, 1.807) is 24.3 Å². The predicted molar refractivity (Wildman–Crippen MR) is 64.2 cm³/mol. The minimum absolute atomic E-state index is 0.178. The average molecular weight is 256 g/mol. The second kappa shape index (κ2) is 5.04. The van der Waals surface area contributed by atoms with Crippen LogP contribution in [0.15, 0.2) is 24.3 Å². The van der Waals surface area contributed by atoms with E-state index in [0.29, 0.717) is 23.6 Å². The van der Waals surface area contributed by atoms with Crippen LogP contribution in [0.3, 0.4) is 0 Å². The highest BCUT2D eigenvalue weighted by atomic mass is 35.5. The van der Waals surface area contributed by atoms with Gasteiger partial charge in [-0.1, -0.05) is 23.7 Å².